The molecule has 1 aliphatic heterocycles. The molecule has 102 valence electrons. The van der Waals surface area contributed by atoms with E-state index in [2.05, 4.69) is 22.8 Å². The molecule has 0 amide bonds. The summed E-state index contributed by atoms with van der Waals surface area (Å²) in [5, 5.41) is 8.21. The van der Waals surface area contributed by atoms with Gasteiger partial charge < -0.3 is 10.1 Å². The van der Waals surface area contributed by atoms with Crippen LogP contribution in [0.25, 0.3) is 0 Å². The first-order chi connectivity index (χ1) is 8.75. The number of hydrogen-bond acceptors (Lipinski definition) is 3. The third-order valence-electron chi connectivity index (χ3n) is 3.70. The van der Waals surface area contributed by atoms with Gasteiger partial charge in [0.25, 0.3) is 0 Å². The molecule has 4 nitrogen and oxygen atoms in total. The molecule has 0 aromatic heterocycles. The van der Waals surface area contributed by atoms with Crippen LogP contribution in [0.5, 0.6) is 0 Å². The minimum atomic E-state index is 0.311. The van der Waals surface area contributed by atoms with Crippen LogP contribution in [0.4, 0.5) is 0 Å². The first kappa shape index (κ1) is 13.7. The number of ether oxygens (including phenoxy) is 1. The average Bonchev–Trinajstić information content (AvgIpc) is 2.88. The highest BCUT2D eigenvalue weighted by Crippen LogP contribution is 2.20. The van der Waals surface area contributed by atoms with E-state index in [1.807, 2.05) is 0 Å². The second-order valence-electron chi connectivity index (χ2n) is 5.21. The Hall–Kier alpha value is -0.680. The van der Waals surface area contributed by atoms with Crippen LogP contribution in [0.1, 0.15) is 45.4 Å². The van der Waals surface area contributed by atoms with Gasteiger partial charge in [-0.3, -0.25) is 5.43 Å². The predicted octanol–water partition coefficient (Wildman–Crippen LogP) is 2.20. The van der Waals surface area contributed by atoms with Gasteiger partial charge >= 0.3 is 0 Å². The predicted molar refractivity (Wildman–Crippen MR) is 77.8 cm³/mol. The van der Waals surface area contributed by atoms with E-state index in [1.54, 1.807) is 0 Å². The van der Waals surface area contributed by atoms with E-state index in [0.717, 1.165) is 32.4 Å². The normalized spacial score (nSPS) is 30.4. The summed E-state index contributed by atoms with van der Waals surface area (Å²) in [5.74, 6) is 0.590. The van der Waals surface area contributed by atoms with Crippen LogP contribution in [0.2, 0.25) is 0 Å². The maximum Gasteiger partial charge on any atom is 0.187 e. The fourth-order valence-electron chi connectivity index (χ4n) is 2.51. The zero-order chi connectivity index (χ0) is 12.8. The molecule has 0 spiro atoms. The van der Waals surface area contributed by atoms with Gasteiger partial charge in [0.15, 0.2) is 5.11 Å². The van der Waals surface area contributed by atoms with Crippen molar-refractivity contribution in [2.24, 2.45) is 11.0 Å². The summed E-state index contributed by atoms with van der Waals surface area (Å²) in [7, 11) is 0. The molecule has 0 aromatic rings. The van der Waals surface area contributed by atoms with Crippen molar-refractivity contribution in [2.75, 3.05) is 13.2 Å². The van der Waals surface area contributed by atoms with Gasteiger partial charge in [-0.1, -0.05) is 13.3 Å². The van der Waals surface area contributed by atoms with Gasteiger partial charge in [-0.15, -0.1) is 0 Å². The molecule has 1 heterocycles. The number of hydrogen-bond donors (Lipinski definition) is 2. The molecule has 2 atom stereocenters. The van der Waals surface area contributed by atoms with Gasteiger partial charge in [-0.05, 0) is 50.2 Å². The molecule has 0 radical (unpaired) electrons. The van der Waals surface area contributed by atoms with Crippen LogP contribution in [0.3, 0.4) is 0 Å². The third-order valence-corrected chi connectivity index (χ3v) is 3.94. The van der Waals surface area contributed by atoms with Gasteiger partial charge in [-0.25, -0.2) is 0 Å². The molecule has 0 aromatic carbocycles. The van der Waals surface area contributed by atoms with E-state index in [-0.39, 0.29) is 0 Å². The molecule has 2 N–H and O–H groups in total. The minimum absolute atomic E-state index is 0.311. The van der Waals surface area contributed by atoms with Crippen molar-refractivity contribution in [3.05, 3.63) is 0 Å². The van der Waals surface area contributed by atoms with Crippen molar-refractivity contribution in [3.63, 3.8) is 0 Å². The molecule has 2 fully saturated rings. The number of rotatable bonds is 3. The van der Waals surface area contributed by atoms with Crippen molar-refractivity contribution in [1.29, 1.82) is 0 Å². The zero-order valence-electron chi connectivity index (χ0n) is 11.1. The largest absolute Gasteiger partial charge is 0.376 e. The van der Waals surface area contributed by atoms with Crippen LogP contribution < -0.4 is 10.7 Å². The van der Waals surface area contributed by atoms with Crippen LogP contribution >= 0.6 is 12.2 Å². The van der Waals surface area contributed by atoms with Crippen LogP contribution in [-0.2, 0) is 4.74 Å². The Morgan fingerprint density at radius 3 is 3.00 bits per heavy atom. The van der Waals surface area contributed by atoms with E-state index >= 15 is 0 Å². The smallest absolute Gasteiger partial charge is 0.187 e. The first-order valence-corrected chi connectivity index (χ1v) is 7.38. The topological polar surface area (TPSA) is 45.7 Å². The van der Waals surface area contributed by atoms with Crippen molar-refractivity contribution < 1.29 is 4.74 Å². The van der Waals surface area contributed by atoms with Crippen LogP contribution in [0.15, 0.2) is 5.10 Å². The van der Waals surface area contributed by atoms with E-state index in [1.165, 1.54) is 25.0 Å². The monoisotopic (exact) mass is 269 g/mol. The Labute approximate surface area is 115 Å². The van der Waals surface area contributed by atoms with Crippen LogP contribution in [0, 0.1) is 5.92 Å². The van der Waals surface area contributed by atoms with E-state index in [4.69, 9.17) is 17.0 Å². The Morgan fingerprint density at radius 1 is 1.39 bits per heavy atom. The SMILES string of the molecule is C[C@@H]1CCCCC1=NNC(=S)NC[C@@H]1CCCO1. The second kappa shape index (κ2) is 7.04. The average molecular weight is 269 g/mol. The molecule has 1 saturated heterocycles. The molecule has 5 heteroatoms. The van der Waals surface area contributed by atoms with E-state index < -0.39 is 0 Å². The van der Waals surface area contributed by atoms with Gasteiger partial charge in [0.1, 0.15) is 0 Å². The van der Waals surface area contributed by atoms with Crippen molar-refractivity contribution in [3.8, 4) is 0 Å². The Bertz CT molecular complexity index is 313. The molecular formula is C13H23N3OS. The summed E-state index contributed by atoms with van der Waals surface area (Å²) >= 11 is 5.21. The highest BCUT2D eigenvalue weighted by Gasteiger charge is 2.17. The summed E-state index contributed by atoms with van der Waals surface area (Å²) in [4.78, 5) is 0. The number of thiocarbonyl (C=S) groups is 1. The number of nitrogens with one attached hydrogen (secondary N) is 2. The second-order valence-corrected chi connectivity index (χ2v) is 5.62. The molecule has 0 bridgehead atoms. The van der Waals surface area contributed by atoms with Gasteiger partial charge in [0.05, 0.1) is 6.10 Å². The molecule has 18 heavy (non-hydrogen) atoms. The summed E-state index contributed by atoms with van der Waals surface area (Å²) in [6, 6.07) is 0. The van der Waals surface area contributed by atoms with Crippen molar-refractivity contribution in [1.82, 2.24) is 10.7 Å². The Balaban J connectivity index is 1.68. The standard InChI is InChI=1S/C13H23N3OS/c1-10-5-2-3-7-12(10)15-16-13(18)14-9-11-6-4-8-17-11/h10-11H,2-9H2,1H3,(H2,14,16,18)/t10-,11+/m1/s1. The highest BCUT2D eigenvalue weighted by molar-refractivity contribution is 7.80. The molecule has 1 saturated carbocycles. The molecule has 2 rings (SSSR count). The fourth-order valence-corrected chi connectivity index (χ4v) is 2.64. The molecular weight excluding hydrogens is 246 g/mol. The molecule has 1 aliphatic carbocycles. The Morgan fingerprint density at radius 2 is 2.28 bits per heavy atom. The van der Waals surface area contributed by atoms with Gasteiger partial charge in [0, 0.05) is 18.9 Å². The lowest BCUT2D eigenvalue weighted by molar-refractivity contribution is 0.114. The van der Waals surface area contributed by atoms with Crippen molar-refractivity contribution >= 4 is 23.0 Å². The maximum atomic E-state index is 5.53. The summed E-state index contributed by atoms with van der Waals surface area (Å²) in [5.41, 5.74) is 4.21. The van der Waals surface area contributed by atoms with E-state index in [0.29, 0.717) is 17.1 Å². The lowest BCUT2D eigenvalue weighted by Gasteiger charge is -2.20. The summed E-state index contributed by atoms with van der Waals surface area (Å²) < 4.78 is 5.53. The zero-order valence-corrected chi connectivity index (χ0v) is 11.9. The minimum Gasteiger partial charge on any atom is -0.376 e. The Kier molecular flexibility index (Phi) is 5.38. The van der Waals surface area contributed by atoms with Crippen molar-refractivity contribution in [2.45, 2.75) is 51.6 Å². The van der Waals surface area contributed by atoms with Gasteiger partial charge in [-0.2, -0.15) is 5.10 Å². The van der Waals surface area contributed by atoms with Crippen LogP contribution in [-0.4, -0.2) is 30.1 Å². The maximum absolute atomic E-state index is 5.53. The number of hydrazone groups is 1. The fraction of sp³-hybridized carbons (Fsp3) is 0.846. The summed E-state index contributed by atoms with van der Waals surface area (Å²) in [6.45, 7) is 3.90. The highest BCUT2D eigenvalue weighted by atomic mass is 32.1. The lowest BCUT2D eigenvalue weighted by atomic mass is 9.89. The molecule has 2 aliphatic rings. The first-order valence-electron chi connectivity index (χ1n) is 6.97. The van der Waals surface area contributed by atoms with E-state index in [9.17, 15) is 0 Å². The summed E-state index contributed by atoms with van der Waals surface area (Å²) in [6.07, 6.45) is 7.51. The molecule has 0 unspecified atom stereocenters. The van der Waals surface area contributed by atoms with Gasteiger partial charge in [0.2, 0.25) is 0 Å². The lowest BCUT2D eigenvalue weighted by Crippen LogP contribution is -2.38. The quantitative estimate of drug-likeness (QED) is 0.609. The third kappa shape index (κ3) is 4.21. The number of nitrogens with zero attached hydrogens (tertiary/aromatic N) is 1.